The first-order valence-electron chi connectivity index (χ1n) is 7.65. The number of nitrogens with one attached hydrogen (secondary N) is 2. The van der Waals surface area contributed by atoms with Gasteiger partial charge in [0, 0.05) is 5.56 Å². The number of rotatable bonds is 2. The van der Waals surface area contributed by atoms with Gasteiger partial charge in [0.15, 0.2) is 6.10 Å². The standard InChI is InChI=1S/C18H13N3O4/c22-15-18(16(23)20-17(24)19-15)13(11-7-3-1-4-8-11)21-25-14(18)12-9-5-2-6-10-12/h1-10,14H,(H2,19,20,22,23,24). The monoisotopic (exact) mass is 335 g/mol. The molecule has 2 aliphatic heterocycles. The number of hydrogen-bond acceptors (Lipinski definition) is 5. The van der Waals surface area contributed by atoms with E-state index in [9.17, 15) is 14.4 Å². The number of barbiturate groups is 1. The van der Waals surface area contributed by atoms with E-state index < -0.39 is 29.4 Å². The van der Waals surface area contributed by atoms with Gasteiger partial charge in [-0.15, -0.1) is 0 Å². The number of amides is 4. The first-order chi connectivity index (χ1) is 12.1. The van der Waals surface area contributed by atoms with Crippen LogP contribution in [0.1, 0.15) is 17.2 Å². The van der Waals surface area contributed by atoms with Crippen LogP contribution in [0.5, 0.6) is 0 Å². The maximum atomic E-state index is 12.9. The fourth-order valence-corrected chi connectivity index (χ4v) is 3.19. The van der Waals surface area contributed by atoms with Crippen molar-refractivity contribution < 1.29 is 19.2 Å². The highest BCUT2D eigenvalue weighted by atomic mass is 16.6. The van der Waals surface area contributed by atoms with Crippen LogP contribution in [0.25, 0.3) is 0 Å². The third kappa shape index (κ3) is 2.13. The quantitative estimate of drug-likeness (QED) is 0.813. The third-order valence-electron chi connectivity index (χ3n) is 4.34. The highest BCUT2D eigenvalue weighted by Gasteiger charge is 2.65. The Morgan fingerprint density at radius 3 is 2.00 bits per heavy atom. The molecule has 4 amide bonds. The minimum absolute atomic E-state index is 0.171. The van der Waals surface area contributed by atoms with Gasteiger partial charge in [0.05, 0.1) is 0 Å². The second-order valence-corrected chi connectivity index (χ2v) is 5.75. The van der Waals surface area contributed by atoms with Crippen molar-refractivity contribution in [3.8, 4) is 0 Å². The number of carbonyl (C=O) groups is 3. The molecule has 2 aliphatic rings. The molecule has 1 atom stereocenters. The van der Waals surface area contributed by atoms with Crippen molar-refractivity contribution in [1.29, 1.82) is 0 Å². The summed E-state index contributed by atoms with van der Waals surface area (Å²) in [6, 6.07) is 16.8. The first kappa shape index (κ1) is 15.1. The highest BCUT2D eigenvalue weighted by molar-refractivity contribution is 6.36. The van der Waals surface area contributed by atoms with Crippen molar-refractivity contribution >= 4 is 23.6 Å². The number of urea groups is 1. The van der Waals surface area contributed by atoms with Crippen molar-refractivity contribution in [2.24, 2.45) is 10.6 Å². The molecule has 7 heteroatoms. The fraction of sp³-hybridized carbons (Fsp3) is 0.111. The van der Waals surface area contributed by atoms with Gasteiger partial charge in [-0.25, -0.2) is 4.79 Å². The predicted molar refractivity (Wildman–Crippen MR) is 87.4 cm³/mol. The fourth-order valence-electron chi connectivity index (χ4n) is 3.19. The maximum absolute atomic E-state index is 12.9. The van der Waals surface area contributed by atoms with E-state index in [1.54, 1.807) is 48.5 Å². The van der Waals surface area contributed by atoms with Crippen LogP contribution in [0, 0.1) is 5.41 Å². The number of hydrogen-bond donors (Lipinski definition) is 2. The van der Waals surface area contributed by atoms with E-state index in [0.29, 0.717) is 11.1 Å². The molecule has 0 saturated carbocycles. The van der Waals surface area contributed by atoms with Gasteiger partial charge < -0.3 is 4.84 Å². The summed E-state index contributed by atoms with van der Waals surface area (Å²) in [5.41, 5.74) is -0.432. The molecular formula is C18H13N3O4. The average molecular weight is 335 g/mol. The van der Waals surface area contributed by atoms with E-state index in [2.05, 4.69) is 15.8 Å². The molecule has 4 rings (SSSR count). The summed E-state index contributed by atoms with van der Waals surface area (Å²) in [6.07, 6.45) is -0.975. The Kier molecular flexibility index (Phi) is 3.35. The summed E-state index contributed by atoms with van der Waals surface area (Å²) in [6.45, 7) is 0. The largest absolute Gasteiger partial charge is 0.385 e. The van der Waals surface area contributed by atoms with E-state index in [0.717, 1.165) is 0 Å². The van der Waals surface area contributed by atoms with E-state index in [-0.39, 0.29) is 5.71 Å². The van der Waals surface area contributed by atoms with Gasteiger partial charge in [0.2, 0.25) is 5.41 Å². The van der Waals surface area contributed by atoms with E-state index >= 15 is 0 Å². The second kappa shape index (κ2) is 5.55. The van der Waals surface area contributed by atoms with E-state index in [1.807, 2.05) is 12.1 Å². The first-order valence-corrected chi connectivity index (χ1v) is 7.65. The minimum atomic E-state index is -1.78. The van der Waals surface area contributed by atoms with Crippen LogP contribution in [0.4, 0.5) is 4.79 Å². The Morgan fingerprint density at radius 1 is 0.840 bits per heavy atom. The Morgan fingerprint density at radius 2 is 1.40 bits per heavy atom. The van der Waals surface area contributed by atoms with Crippen molar-refractivity contribution in [2.75, 3.05) is 0 Å². The SMILES string of the molecule is O=C1NC(=O)C2(C(=O)N1)C(c1ccccc1)=NOC2c1ccccc1. The Bertz CT molecular complexity index is 873. The number of nitrogens with zero attached hydrogens (tertiary/aromatic N) is 1. The van der Waals surface area contributed by atoms with Crippen LogP contribution in [-0.4, -0.2) is 23.6 Å². The Hall–Kier alpha value is -3.48. The molecule has 7 nitrogen and oxygen atoms in total. The van der Waals surface area contributed by atoms with Crippen molar-refractivity contribution in [1.82, 2.24) is 10.6 Å². The summed E-state index contributed by atoms with van der Waals surface area (Å²) in [5.74, 6) is -1.51. The Labute approximate surface area is 142 Å². The number of carbonyl (C=O) groups excluding carboxylic acids is 3. The topological polar surface area (TPSA) is 96.9 Å². The molecule has 0 aromatic heterocycles. The second-order valence-electron chi connectivity index (χ2n) is 5.75. The zero-order chi connectivity index (χ0) is 17.4. The summed E-state index contributed by atoms with van der Waals surface area (Å²) < 4.78 is 0. The third-order valence-corrected chi connectivity index (χ3v) is 4.34. The molecule has 25 heavy (non-hydrogen) atoms. The van der Waals surface area contributed by atoms with Gasteiger partial charge in [0.1, 0.15) is 5.71 Å². The summed E-state index contributed by atoms with van der Waals surface area (Å²) in [5, 5.41) is 8.39. The molecule has 1 spiro atoms. The molecule has 2 aromatic rings. The lowest BCUT2D eigenvalue weighted by Crippen LogP contribution is -2.66. The highest BCUT2D eigenvalue weighted by Crippen LogP contribution is 2.46. The minimum Gasteiger partial charge on any atom is -0.385 e. The van der Waals surface area contributed by atoms with Gasteiger partial charge in [0.25, 0.3) is 11.8 Å². The van der Waals surface area contributed by atoms with Crippen LogP contribution >= 0.6 is 0 Å². The molecule has 2 aromatic carbocycles. The van der Waals surface area contributed by atoms with Crippen molar-refractivity contribution in [2.45, 2.75) is 6.10 Å². The predicted octanol–water partition coefficient (Wildman–Crippen LogP) is 1.51. The van der Waals surface area contributed by atoms with Crippen LogP contribution in [0.2, 0.25) is 0 Å². The van der Waals surface area contributed by atoms with Crippen LogP contribution < -0.4 is 10.6 Å². The average Bonchev–Trinajstić information content (AvgIpc) is 3.03. The smallest absolute Gasteiger partial charge is 0.328 e. The number of oxime groups is 1. The van der Waals surface area contributed by atoms with Crippen LogP contribution in [0.3, 0.4) is 0 Å². The van der Waals surface area contributed by atoms with Gasteiger partial charge in [-0.2, -0.15) is 0 Å². The zero-order valence-corrected chi connectivity index (χ0v) is 12.9. The van der Waals surface area contributed by atoms with E-state index in [4.69, 9.17) is 4.84 Å². The van der Waals surface area contributed by atoms with Crippen LogP contribution in [0.15, 0.2) is 65.8 Å². The molecule has 1 fully saturated rings. The van der Waals surface area contributed by atoms with Crippen molar-refractivity contribution in [3.63, 3.8) is 0 Å². The molecule has 124 valence electrons. The molecule has 1 saturated heterocycles. The number of benzene rings is 2. The van der Waals surface area contributed by atoms with Crippen LogP contribution in [-0.2, 0) is 14.4 Å². The molecule has 0 aliphatic carbocycles. The molecule has 0 radical (unpaired) electrons. The van der Waals surface area contributed by atoms with Gasteiger partial charge in [-0.3, -0.25) is 20.2 Å². The molecule has 2 N–H and O–H groups in total. The lowest BCUT2D eigenvalue weighted by molar-refractivity contribution is -0.146. The van der Waals surface area contributed by atoms with Crippen molar-refractivity contribution in [3.05, 3.63) is 71.8 Å². The summed E-state index contributed by atoms with van der Waals surface area (Å²) >= 11 is 0. The lowest BCUT2D eigenvalue weighted by Gasteiger charge is -2.34. The maximum Gasteiger partial charge on any atom is 0.328 e. The van der Waals surface area contributed by atoms with Gasteiger partial charge >= 0.3 is 6.03 Å². The number of imide groups is 2. The van der Waals surface area contributed by atoms with Gasteiger partial charge in [-0.05, 0) is 5.56 Å². The Balaban J connectivity index is 1.91. The summed E-state index contributed by atoms with van der Waals surface area (Å²) in [4.78, 5) is 42.8. The normalized spacial score (nSPS) is 21.4. The molecular weight excluding hydrogens is 322 g/mol. The zero-order valence-electron chi connectivity index (χ0n) is 12.9. The molecule has 2 heterocycles. The van der Waals surface area contributed by atoms with Gasteiger partial charge in [-0.1, -0.05) is 65.8 Å². The lowest BCUT2D eigenvalue weighted by atomic mass is 9.71. The molecule has 0 bridgehead atoms. The van der Waals surface area contributed by atoms with E-state index in [1.165, 1.54) is 0 Å². The molecule has 1 unspecified atom stereocenters. The summed E-state index contributed by atoms with van der Waals surface area (Å²) in [7, 11) is 0.